The highest BCUT2D eigenvalue weighted by molar-refractivity contribution is 5.92. The molecule has 0 heterocycles. The molecule has 0 radical (unpaired) electrons. The summed E-state index contributed by atoms with van der Waals surface area (Å²) >= 11 is 0. The monoisotopic (exact) mass is 532 g/mol. The van der Waals surface area contributed by atoms with Crippen LogP contribution in [0.15, 0.2) is 0 Å². The van der Waals surface area contributed by atoms with Crippen molar-refractivity contribution in [3.63, 3.8) is 0 Å². The number of carbonyl (C=O) groups is 4. The lowest BCUT2D eigenvalue weighted by atomic mass is 9.48. The molecule has 8 saturated carbocycles. The largest absolute Gasteiger partial charge is 0.481 e. The number of aliphatic carboxylic acids is 3. The molecule has 0 unspecified atom stereocenters. The Balaban J connectivity index is 0.000000155. The Kier molecular flexibility index (Phi) is 7.80. The van der Waals surface area contributed by atoms with Gasteiger partial charge in [0.25, 0.3) is 0 Å². The van der Waals surface area contributed by atoms with Crippen molar-refractivity contribution in [2.75, 3.05) is 6.61 Å². The highest BCUT2D eigenvalue weighted by Crippen LogP contribution is 2.62. The van der Waals surface area contributed by atoms with Gasteiger partial charge in [-0.3, -0.25) is 19.2 Å². The second kappa shape index (κ2) is 10.8. The zero-order valence-electron chi connectivity index (χ0n) is 22.4. The first-order valence-corrected chi connectivity index (χ1v) is 14.8. The summed E-state index contributed by atoms with van der Waals surface area (Å²) in [5, 5.41) is 26.5. The van der Waals surface area contributed by atoms with E-state index in [9.17, 15) is 19.2 Å². The number of carboxylic acids is 3. The van der Waals surface area contributed by atoms with E-state index in [2.05, 4.69) is 0 Å². The third-order valence-corrected chi connectivity index (χ3v) is 11.1. The van der Waals surface area contributed by atoms with Crippen LogP contribution in [0.25, 0.3) is 0 Å². The first kappa shape index (κ1) is 27.4. The topological polar surface area (TPSA) is 138 Å². The maximum Gasteiger partial charge on any atom is 0.317 e. The van der Waals surface area contributed by atoms with Crippen molar-refractivity contribution < 1.29 is 39.2 Å². The quantitative estimate of drug-likeness (QED) is 0.252. The predicted octanol–water partition coefficient (Wildman–Crippen LogP) is 5.38. The zero-order chi connectivity index (χ0) is 27.1. The van der Waals surface area contributed by atoms with E-state index in [1.807, 2.05) is 0 Å². The molecule has 0 aromatic rings. The van der Waals surface area contributed by atoms with E-state index >= 15 is 0 Å². The van der Waals surface area contributed by atoms with E-state index < -0.39 is 36.2 Å². The summed E-state index contributed by atoms with van der Waals surface area (Å²) < 4.78 is 5.07. The average molecular weight is 533 g/mol. The summed E-state index contributed by atoms with van der Waals surface area (Å²) in [7, 11) is 0. The molecule has 0 spiro atoms. The smallest absolute Gasteiger partial charge is 0.317 e. The third-order valence-electron chi connectivity index (χ3n) is 11.1. The summed E-state index contributed by atoms with van der Waals surface area (Å²) in [6.45, 7) is 0.401. The number of esters is 1. The number of ether oxygens (including phenoxy) is 1. The first-order valence-electron chi connectivity index (χ1n) is 14.8. The van der Waals surface area contributed by atoms with Crippen molar-refractivity contribution in [3.05, 3.63) is 0 Å². The summed E-state index contributed by atoms with van der Waals surface area (Å²) in [5.74, 6) is -0.0829. The molecule has 212 valence electrons. The summed E-state index contributed by atoms with van der Waals surface area (Å²) in [4.78, 5) is 43.6. The lowest BCUT2D eigenvalue weighted by Gasteiger charge is -2.57. The Hall–Kier alpha value is -2.12. The Morgan fingerprint density at radius 1 is 0.632 bits per heavy atom. The average Bonchev–Trinajstić information content (AvgIpc) is 2.76. The molecule has 8 aliphatic rings. The van der Waals surface area contributed by atoms with Crippen LogP contribution in [0.2, 0.25) is 0 Å². The van der Waals surface area contributed by atoms with Crippen LogP contribution < -0.4 is 0 Å². The SMILES string of the molecule is O=C(O)C(CCC12CC3CC(CC(C3)C1)C2)C(=O)O.O=C(O)CC(=O)OCCC12CC3CC(CC(C3)C1)C2. The highest BCUT2D eigenvalue weighted by Gasteiger charge is 2.52. The lowest BCUT2D eigenvalue weighted by Crippen LogP contribution is -2.46. The second-order valence-corrected chi connectivity index (χ2v) is 14.1. The molecule has 8 heteroatoms. The van der Waals surface area contributed by atoms with Crippen LogP contribution >= 0.6 is 0 Å². The first-order chi connectivity index (χ1) is 18.0. The molecule has 8 fully saturated rings. The van der Waals surface area contributed by atoms with E-state index in [-0.39, 0.29) is 5.41 Å². The molecular weight excluding hydrogens is 488 g/mol. The molecule has 0 aromatic heterocycles. The van der Waals surface area contributed by atoms with Gasteiger partial charge in [0.1, 0.15) is 6.42 Å². The Labute approximate surface area is 224 Å². The number of carboxylic acid groups (broad SMARTS) is 3. The maximum absolute atomic E-state index is 11.2. The van der Waals surface area contributed by atoms with Gasteiger partial charge in [-0.05, 0) is 143 Å². The normalized spacial score (nSPS) is 39.5. The summed E-state index contributed by atoms with van der Waals surface area (Å²) in [6.07, 6.45) is 17.4. The van der Waals surface area contributed by atoms with Crippen molar-refractivity contribution in [2.24, 2.45) is 52.3 Å². The standard InChI is InChI=1S/2C15H22O4/c16-13(17)6-14(18)19-2-1-15-7-10-3-11(8-15)5-12(4-10)9-15;16-13(17)12(14(18)19)1-2-15-6-9-3-10(7-15)5-11(4-9)8-15/h10-12H,1-9H2,(H,16,17);9-12H,1-8H2,(H,16,17)(H,18,19). The van der Waals surface area contributed by atoms with E-state index in [0.717, 1.165) is 48.3 Å². The highest BCUT2D eigenvalue weighted by atomic mass is 16.5. The van der Waals surface area contributed by atoms with Gasteiger partial charge >= 0.3 is 23.9 Å². The van der Waals surface area contributed by atoms with Crippen LogP contribution in [0.5, 0.6) is 0 Å². The van der Waals surface area contributed by atoms with Gasteiger partial charge in [-0.15, -0.1) is 0 Å². The van der Waals surface area contributed by atoms with Gasteiger partial charge in [0.05, 0.1) is 6.61 Å². The van der Waals surface area contributed by atoms with Gasteiger partial charge in [-0.25, -0.2) is 0 Å². The summed E-state index contributed by atoms with van der Waals surface area (Å²) in [6, 6.07) is 0. The van der Waals surface area contributed by atoms with Crippen molar-refractivity contribution in [3.8, 4) is 0 Å². The van der Waals surface area contributed by atoms with E-state index in [0.29, 0.717) is 18.4 Å². The van der Waals surface area contributed by atoms with E-state index in [1.54, 1.807) is 0 Å². The number of rotatable bonds is 10. The van der Waals surface area contributed by atoms with Crippen LogP contribution in [-0.2, 0) is 23.9 Å². The minimum atomic E-state index is -1.21. The summed E-state index contributed by atoms with van der Waals surface area (Å²) in [5.41, 5.74) is 0.677. The zero-order valence-corrected chi connectivity index (χ0v) is 22.4. The van der Waals surface area contributed by atoms with Gasteiger partial charge in [-0.1, -0.05) is 0 Å². The molecule has 8 bridgehead atoms. The van der Waals surface area contributed by atoms with E-state index in [4.69, 9.17) is 20.1 Å². The van der Waals surface area contributed by atoms with Crippen LogP contribution in [0.3, 0.4) is 0 Å². The fraction of sp³-hybridized carbons (Fsp3) is 0.867. The molecular formula is C30H44O8. The fourth-order valence-electron chi connectivity index (χ4n) is 10.6. The fourth-order valence-corrected chi connectivity index (χ4v) is 10.6. The molecule has 8 nitrogen and oxygen atoms in total. The number of hydrogen-bond donors (Lipinski definition) is 3. The molecule has 0 aliphatic heterocycles. The third kappa shape index (κ3) is 6.20. The number of carbonyl (C=O) groups excluding carboxylic acids is 1. The molecule has 0 saturated heterocycles. The van der Waals surface area contributed by atoms with Crippen LogP contribution in [0.1, 0.15) is 103 Å². The van der Waals surface area contributed by atoms with Crippen LogP contribution in [0, 0.1) is 52.3 Å². The van der Waals surface area contributed by atoms with Crippen LogP contribution in [0.4, 0.5) is 0 Å². The maximum atomic E-state index is 11.2. The molecule has 0 amide bonds. The van der Waals surface area contributed by atoms with Gasteiger partial charge in [0.2, 0.25) is 0 Å². The molecule has 0 atom stereocenters. The molecule has 38 heavy (non-hydrogen) atoms. The van der Waals surface area contributed by atoms with Crippen LogP contribution in [-0.4, -0.2) is 45.8 Å². The predicted molar refractivity (Wildman–Crippen MR) is 137 cm³/mol. The molecule has 0 aromatic carbocycles. The van der Waals surface area contributed by atoms with Gasteiger partial charge in [0, 0.05) is 0 Å². The minimum Gasteiger partial charge on any atom is -0.481 e. The minimum absolute atomic E-state index is 0.276. The van der Waals surface area contributed by atoms with Crippen molar-refractivity contribution in [1.29, 1.82) is 0 Å². The molecule has 8 aliphatic carbocycles. The van der Waals surface area contributed by atoms with Crippen molar-refractivity contribution in [2.45, 2.75) is 103 Å². The van der Waals surface area contributed by atoms with Gasteiger partial charge in [0.15, 0.2) is 5.92 Å². The Morgan fingerprint density at radius 3 is 1.34 bits per heavy atom. The van der Waals surface area contributed by atoms with Gasteiger partial charge in [-0.2, -0.15) is 0 Å². The molecule has 8 rings (SSSR count). The lowest BCUT2D eigenvalue weighted by molar-refractivity contribution is -0.156. The van der Waals surface area contributed by atoms with Crippen molar-refractivity contribution in [1.82, 2.24) is 0 Å². The second-order valence-electron chi connectivity index (χ2n) is 14.1. The number of hydrogen-bond acceptors (Lipinski definition) is 5. The Morgan fingerprint density at radius 2 is 1.00 bits per heavy atom. The Bertz CT molecular complexity index is 851. The van der Waals surface area contributed by atoms with Gasteiger partial charge < -0.3 is 20.1 Å². The van der Waals surface area contributed by atoms with E-state index in [1.165, 1.54) is 77.0 Å². The van der Waals surface area contributed by atoms with Crippen molar-refractivity contribution >= 4 is 23.9 Å². The molecule has 3 N–H and O–H groups in total.